The van der Waals surface area contributed by atoms with Gasteiger partial charge in [0.25, 0.3) is 0 Å². The van der Waals surface area contributed by atoms with Gasteiger partial charge in [-0.25, -0.2) is 4.98 Å². The average molecular weight is 337 g/mol. The second-order valence-electron chi connectivity index (χ2n) is 4.58. The van der Waals surface area contributed by atoms with E-state index in [9.17, 15) is 5.26 Å². The van der Waals surface area contributed by atoms with Crippen molar-refractivity contribution in [2.24, 2.45) is 0 Å². The number of pyridine rings is 1. The van der Waals surface area contributed by atoms with Crippen LogP contribution in [0.3, 0.4) is 0 Å². The van der Waals surface area contributed by atoms with Crippen molar-refractivity contribution in [1.82, 2.24) is 15.2 Å². The van der Waals surface area contributed by atoms with Gasteiger partial charge in [0.15, 0.2) is 5.82 Å². The Labute approximate surface area is 138 Å². The van der Waals surface area contributed by atoms with E-state index in [1.807, 2.05) is 13.8 Å². The third kappa shape index (κ3) is 3.75. The lowest BCUT2D eigenvalue weighted by Crippen LogP contribution is -2.16. The zero-order valence-corrected chi connectivity index (χ0v) is 13.6. The van der Waals surface area contributed by atoms with Crippen LogP contribution in [0, 0.1) is 25.2 Å². The minimum absolute atomic E-state index is 0.455. The highest BCUT2D eigenvalue weighted by Crippen LogP contribution is 2.22. The molecule has 0 radical (unpaired) electrons. The minimum Gasteiger partial charge on any atom is -0.367 e. The monoisotopic (exact) mass is 336 g/mol. The van der Waals surface area contributed by atoms with E-state index in [-0.39, 0.29) is 0 Å². The molecule has 2 aromatic heterocycles. The molecule has 2 N–H and O–H groups in total. The Morgan fingerprint density at radius 2 is 1.82 bits per heavy atom. The average Bonchev–Trinajstić information content (AvgIpc) is 2.49. The van der Waals surface area contributed by atoms with Crippen molar-refractivity contribution < 1.29 is 0 Å². The summed E-state index contributed by atoms with van der Waals surface area (Å²) < 4.78 is 0. The Hall–Kier alpha value is -2.10. The first-order valence-corrected chi connectivity index (χ1v) is 7.31. The number of halogens is 2. The van der Waals surface area contributed by atoms with Crippen molar-refractivity contribution in [3.63, 3.8) is 0 Å². The van der Waals surface area contributed by atoms with E-state index in [0.29, 0.717) is 40.3 Å². The van der Waals surface area contributed by atoms with Crippen LogP contribution in [0.25, 0.3) is 0 Å². The summed E-state index contributed by atoms with van der Waals surface area (Å²) in [4.78, 5) is 4.10. The molecule has 0 spiro atoms. The molecular weight excluding hydrogens is 323 g/mol. The fraction of sp³-hybridized carbons (Fsp3) is 0.286. The van der Waals surface area contributed by atoms with Crippen LogP contribution in [0.15, 0.2) is 12.3 Å². The molecule has 0 atom stereocenters. The smallest absolute Gasteiger partial charge is 0.166 e. The number of aromatic nitrogens is 3. The normalized spacial score (nSPS) is 10.1. The predicted octanol–water partition coefficient (Wildman–Crippen LogP) is 3.19. The van der Waals surface area contributed by atoms with Crippen molar-refractivity contribution in [1.29, 1.82) is 5.26 Å². The number of nitriles is 1. The molecule has 0 aromatic carbocycles. The first kappa shape index (κ1) is 16.3. The van der Waals surface area contributed by atoms with Crippen LogP contribution in [-0.4, -0.2) is 28.3 Å². The van der Waals surface area contributed by atoms with E-state index in [1.54, 1.807) is 6.07 Å². The molecule has 6 nitrogen and oxygen atoms in total. The third-order valence-electron chi connectivity index (χ3n) is 3.08. The van der Waals surface area contributed by atoms with E-state index in [0.717, 1.165) is 11.3 Å². The van der Waals surface area contributed by atoms with E-state index >= 15 is 0 Å². The first-order chi connectivity index (χ1) is 10.5. The molecule has 22 heavy (non-hydrogen) atoms. The molecule has 2 heterocycles. The highest BCUT2D eigenvalue weighted by molar-refractivity contribution is 6.35. The van der Waals surface area contributed by atoms with Crippen LogP contribution in [-0.2, 0) is 0 Å². The lowest BCUT2D eigenvalue weighted by atomic mass is 10.1. The predicted molar refractivity (Wildman–Crippen MR) is 87.5 cm³/mol. The first-order valence-electron chi connectivity index (χ1n) is 6.55. The number of rotatable bonds is 5. The highest BCUT2D eigenvalue weighted by atomic mass is 35.5. The van der Waals surface area contributed by atoms with Gasteiger partial charge in [-0.3, -0.25) is 0 Å². The second-order valence-corrected chi connectivity index (χ2v) is 5.43. The molecule has 0 saturated carbocycles. The zero-order chi connectivity index (χ0) is 16.1. The molecule has 2 rings (SSSR count). The molecule has 0 bridgehead atoms. The number of nitrogens with one attached hydrogen (secondary N) is 2. The minimum atomic E-state index is 0.455. The molecule has 114 valence electrons. The number of nitrogens with zero attached hydrogens (tertiary/aromatic N) is 4. The van der Waals surface area contributed by atoms with Gasteiger partial charge in [0.1, 0.15) is 17.5 Å². The van der Waals surface area contributed by atoms with Crippen LogP contribution >= 0.6 is 23.2 Å². The van der Waals surface area contributed by atoms with Gasteiger partial charge in [-0.2, -0.15) is 10.4 Å². The number of anilines is 2. The summed E-state index contributed by atoms with van der Waals surface area (Å²) in [6.07, 6.45) is 1.52. The van der Waals surface area contributed by atoms with Crippen LogP contribution in [0.4, 0.5) is 11.6 Å². The lowest BCUT2D eigenvalue weighted by Gasteiger charge is -2.11. The Morgan fingerprint density at radius 1 is 1.14 bits per heavy atom. The molecule has 0 amide bonds. The van der Waals surface area contributed by atoms with Gasteiger partial charge in [-0.15, -0.1) is 5.10 Å². The Balaban J connectivity index is 1.95. The maximum atomic E-state index is 9.21. The van der Waals surface area contributed by atoms with E-state index in [1.165, 1.54) is 6.20 Å². The van der Waals surface area contributed by atoms with Crippen molar-refractivity contribution in [2.75, 3.05) is 23.7 Å². The van der Waals surface area contributed by atoms with Crippen LogP contribution in [0.1, 0.15) is 16.8 Å². The van der Waals surface area contributed by atoms with Gasteiger partial charge < -0.3 is 10.6 Å². The van der Waals surface area contributed by atoms with Crippen molar-refractivity contribution in [3.05, 3.63) is 39.1 Å². The van der Waals surface area contributed by atoms with Gasteiger partial charge in [-0.1, -0.05) is 23.2 Å². The van der Waals surface area contributed by atoms with Gasteiger partial charge in [0, 0.05) is 19.3 Å². The summed E-state index contributed by atoms with van der Waals surface area (Å²) in [6.45, 7) is 4.76. The maximum absolute atomic E-state index is 9.21. The largest absolute Gasteiger partial charge is 0.367 e. The fourth-order valence-corrected chi connectivity index (χ4v) is 2.22. The van der Waals surface area contributed by atoms with E-state index in [2.05, 4.69) is 31.9 Å². The van der Waals surface area contributed by atoms with Crippen LogP contribution in [0.5, 0.6) is 0 Å². The van der Waals surface area contributed by atoms with Crippen LogP contribution in [0.2, 0.25) is 10.0 Å². The summed E-state index contributed by atoms with van der Waals surface area (Å²) in [7, 11) is 0. The molecule has 2 aromatic rings. The van der Waals surface area contributed by atoms with E-state index < -0.39 is 0 Å². The lowest BCUT2D eigenvalue weighted by molar-refractivity contribution is 0.937. The van der Waals surface area contributed by atoms with Crippen LogP contribution < -0.4 is 10.6 Å². The standard InChI is InChI=1S/C14H14Cl2N6/c1-8-9(2)21-22-13(11(8)6-17)18-3-4-19-14-12(16)5-10(15)7-20-14/h5,7H,3-4H2,1-2H3,(H,18,22)(H,19,20). The summed E-state index contributed by atoms with van der Waals surface area (Å²) in [6, 6.07) is 3.76. The number of aryl methyl sites for hydroxylation is 1. The zero-order valence-electron chi connectivity index (χ0n) is 12.1. The summed E-state index contributed by atoms with van der Waals surface area (Å²) in [5.41, 5.74) is 2.09. The molecule has 0 unspecified atom stereocenters. The van der Waals surface area contributed by atoms with Crippen molar-refractivity contribution in [3.8, 4) is 6.07 Å². The SMILES string of the molecule is Cc1nnc(NCCNc2ncc(Cl)cc2Cl)c(C#N)c1C. The highest BCUT2D eigenvalue weighted by Gasteiger charge is 2.10. The maximum Gasteiger partial charge on any atom is 0.166 e. The third-order valence-corrected chi connectivity index (χ3v) is 3.58. The quantitative estimate of drug-likeness (QED) is 0.815. The topological polar surface area (TPSA) is 86.5 Å². The van der Waals surface area contributed by atoms with Crippen molar-refractivity contribution >= 4 is 34.8 Å². The molecule has 0 aliphatic rings. The van der Waals surface area contributed by atoms with Crippen molar-refractivity contribution in [2.45, 2.75) is 13.8 Å². The molecule has 0 aliphatic carbocycles. The second kappa shape index (κ2) is 7.25. The Bertz CT molecular complexity index is 726. The molecular formula is C14H14Cl2N6. The van der Waals surface area contributed by atoms with Gasteiger partial charge in [-0.05, 0) is 25.5 Å². The van der Waals surface area contributed by atoms with Gasteiger partial charge in [0.05, 0.1) is 15.7 Å². The molecule has 0 aliphatic heterocycles. The molecule has 0 saturated heterocycles. The number of hydrogen-bond donors (Lipinski definition) is 2. The fourth-order valence-electron chi connectivity index (χ4n) is 1.78. The summed E-state index contributed by atoms with van der Waals surface area (Å²) >= 11 is 11.8. The van der Waals surface area contributed by atoms with Gasteiger partial charge >= 0.3 is 0 Å². The Morgan fingerprint density at radius 3 is 2.45 bits per heavy atom. The van der Waals surface area contributed by atoms with E-state index in [4.69, 9.17) is 23.2 Å². The van der Waals surface area contributed by atoms with Gasteiger partial charge in [0.2, 0.25) is 0 Å². The molecule has 8 heteroatoms. The summed E-state index contributed by atoms with van der Waals surface area (Å²) in [5, 5.41) is 24.3. The summed E-state index contributed by atoms with van der Waals surface area (Å²) in [5.74, 6) is 1.03. The Kier molecular flexibility index (Phi) is 5.36. The molecule has 0 fully saturated rings. The number of hydrogen-bond acceptors (Lipinski definition) is 6.